The molecule has 1 heterocycles. The van der Waals surface area contributed by atoms with Crippen molar-refractivity contribution in [2.24, 2.45) is 0 Å². The second-order valence-electron chi connectivity index (χ2n) is 5.40. The first-order valence-electron chi connectivity index (χ1n) is 8.13. The van der Waals surface area contributed by atoms with Crippen LogP contribution in [-0.2, 0) is 0 Å². The van der Waals surface area contributed by atoms with Crippen LogP contribution in [0.4, 0.5) is 0 Å². The number of nitrogens with zero attached hydrogens (tertiary/aromatic N) is 2. The minimum absolute atomic E-state index is 0.264. The zero-order chi connectivity index (χ0) is 17.5. The summed E-state index contributed by atoms with van der Waals surface area (Å²) in [5.41, 5.74) is 2.28. The van der Waals surface area contributed by atoms with Gasteiger partial charge in [-0.25, -0.2) is 9.97 Å². The summed E-state index contributed by atoms with van der Waals surface area (Å²) < 4.78 is 5.34. The first-order chi connectivity index (χ1) is 12.3. The fraction of sp³-hybridized carbons (Fsp3) is 0.150. The lowest BCUT2D eigenvalue weighted by Crippen LogP contribution is -2.30. The first kappa shape index (κ1) is 16.6. The third-order valence-electron chi connectivity index (χ3n) is 3.71. The van der Waals surface area contributed by atoms with Crippen molar-refractivity contribution in [1.82, 2.24) is 15.3 Å². The van der Waals surface area contributed by atoms with Crippen LogP contribution in [-0.4, -0.2) is 22.5 Å². The van der Waals surface area contributed by atoms with Gasteiger partial charge in [0.1, 0.15) is 12.0 Å². The van der Waals surface area contributed by atoms with E-state index in [4.69, 9.17) is 4.74 Å². The number of benzene rings is 2. The molecule has 0 saturated carbocycles. The third-order valence-corrected chi connectivity index (χ3v) is 3.71. The maximum Gasteiger partial charge on any atom is 0.270 e. The van der Waals surface area contributed by atoms with Crippen molar-refractivity contribution in [3.63, 3.8) is 0 Å². The van der Waals surface area contributed by atoms with Gasteiger partial charge in [-0.2, -0.15) is 0 Å². The van der Waals surface area contributed by atoms with Gasteiger partial charge in [-0.1, -0.05) is 60.7 Å². The molecule has 5 nitrogen and oxygen atoms in total. The number of carbonyl (C=O) groups excluding carboxylic acids is 1. The van der Waals surface area contributed by atoms with Crippen molar-refractivity contribution in [1.29, 1.82) is 0 Å². The van der Waals surface area contributed by atoms with Crippen LogP contribution in [0, 0.1) is 0 Å². The van der Waals surface area contributed by atoms with Gasteiger partial charge in [-0.15, -0.1) is 0 Å². The maximum atomic E-state index is 12.7. The zero-order valence-corrected chi connectivity index (χ0v) is 13.9. The normalized spacial score (nSPS) is 10.5. The van der Waals surface area contributed by atoms with Crippen LogP contribution in [0.15, 0.2) is 73.1 Å². The molecule has 25 heavy (non-hydrogen) atoms. The van der Waals surface area contributed by atoms with Crippen LogP contribution < -0.4 is 10.1 Å². The van der Waals surface area contributed by atoms with Gasteiger partial charge in [0.25, 0.3) is 5.91 Å². The number of hydrogen-bond donors (Lipinski definition) is 1. The number of rotatable bonds is 6. The number of carbonyl (C=O) groups is 1. The number of hydrogen-bond acceptors (Lipinski definition) is 4. The Morgan fingerprint density at radius 3 is 2.16 bits per heavy atom. The lowest BCUT2D eigenvalue weighted by molar-refractivity contribution is 0.0937. The summed E-state index contributed by atoms with van der Waals surface area (Å²) >= 11 is 0. The number of aromatic nitrogens is 2. The fourth-order valence-electron chi connectivity index (χ4n) is 2.55. The molecular formula is C20H19N3O2. The summed E-state index contributed by atoms with van der Waals surface area (Å²) in [7, 11) is 0. The highest BCUT2D eigenvalue weighted by Crippen LogP contribution is 2.22. The second kappa shape index (κ2) is 8.06. The molecule has 3 rings (SSSR count). The Kier molecular flexibility index (Phi) is 5.36. The van der Waals surface area contributed by atoms with Crippen LogP contribution in [0.1, 0.15) is 34.6 Å². The standard InChI is InChI=1S/C20H19N3O2/c1-2-25-18-13-17(21-14-22-18)20(24)23-19(15-9-5-3-6-10-15)16-11-7-4-8-12-16/h3-14,19H,2H2,1H3,(H,23,24). The van der Waals surface area contributed by atoms with Gasteiger partial charge < -0.3 is 10.1 Å². The third kappa shape index (κ3) is 4.20. The minimum Gasteiger partial charge on any atom is -0.478 e. The van der Waals surface area contributed by atoms with Gasteiger partial charge in [0, 0.05) is 6.07 Å². The predicted molar refractivity (Wildman–Crippen MR) is 95.4 cm³/mol. The summed E-state index contributed by atoms with van der Waals surface area (Å²) in [6.07, 6.45) is 1.33. The van der Waals surface area contributed by atoms with E-state index < -0.39 is 0 Å². The van der Waals surface area contributed by atoms with Crippen molar-refractivity contribution in [2.45, 2.75) is 13.0 Å². The van der Waals surface area contributed by atoms with E-state index in [1.54, 1.807) is 6.07 Å². The molecule has 0 atom stereocenters. The molecule has 1 amide bonds. The van der Waals surface area contributed by atoms with Gasteiger partial charge in [-0.3, -0.25) is 4.79 Å². The highest BCUT2D eigenvalue weighted by molar-refractivity contribution is 5.93. The van der Waals surface area contributed by atoms with Crippen LogP contribution >= 0.6 is 0 Å². The Hall–Kier alpha value is -3.21. The molecule has 1 N–H and O–H groups in total. The van der Waals surface area contributed by atoms with Gasteiger partial charge in [0.2, 0.25) is 5.88 Å². The van der Waals surface area contributed by atoms with Crippen molar-refractivity contribution < 1.29 is 9.53 Å². The summed E-state index contributed by atoms with van der Waals surface area (Å²) in [4.78, 5) is 20.8. The molecule has 0 spiro atoms. The molecule has 0 aliphatic rings. The Morgan fingerprint density at radius 2 is 1.60 bits per heavy atom. The summed E-state index contributed by atoms with van der Waals surface area (Å²) in [5, 5.41) is 3.05. The van der Waals surface area contributed by atoms with E-state index in [2.05, 4.69) is 15.3 Å². The van der Waals surface area contributed by atoms with Crippen molar-refractivity contribution >= 4 is 5.91 Å². The lowest BCUT2D eigenvalue weighted by Gasteiger charge is -2.19. The van der Waals surface area contributed by atoms with E-state index in [0.29, 0.717) is 12.5 Å². The quantitative estimate of drug-likeness (QED) is 0.751. The average Bonchev–Trinajstić information content (AvgIpc) is 2.68. The van der Waals surface area contributed by atoms with E-state index >= 15 is 0 Å². The molecule has 1 aromatic heterocycles. The zero-order valence-electron chi connectivity index (χ0n) is 13.9. The van der Waals surface area contributed by atoms with Crippen molar-refractivity contribution in [2.75, 3.05) is 6.61 Å². The molecule has 0 aliphatic heterocycles. The first-order valence-corrected chi connectivity index (χ1v) is 8.13. The molecule has 0 fully saturated rings. The fourth-order valence-corrected chi connectivity index (χ4v) is 2.55. The Balaban J connectivity index is 1.88. The van der Waals surface area contributed by atoms with Crippen LogP contribution in [0.3, 0.4) is 0 Å². The van der Waals surface area contributed by atoms with E-state index in [0.717, 1.165) is 11.1 Å². The lowest BCUT2D eigenvalue weighted by atomic mass is 9.98. The Morgan fingerprint density at radius 1 is 1.00 bits per heavy atom. The molecule has 5 heteroatoms. The SMILES string of the molecule is CCOc1cc(C(=O)NC(c2ccccc2)c2ccccc2)ncn1. The van der Waals surface area contributed by atoms with Gasteiger partial charge in [0.05, 0.1) is 12.6 Å². The Labute approximate surface area is 146 Å². The summed E-state index contributed by atoms with van der Waals surface area (Å²) in [6.45, 7) is 2.34. The molecule has 0 bridgehead atoms. The molecular weight excluding hydrogens is 314 g/mol. The van der Waals surface area contributed by atoms with E-state index in [9.17, 15) is 4.79 Å². The van der Waals surface area contributed by atoms with Gasteiger partial charge in [-0.05, 0) is 18.1 Å². The number of nitrogens with one attached hydrogen (secondary N) is 1. The summed E-state index contributed by atoms with van der Waals surface area (Å²) in [6, 6.07) is 21.0. The van der Waals surface area contributed by atoms with Crippen molar-refractivity contribution in [3.8, 4) is 5.88 Å². The monoisotopic (exact) mass is 333 g/mol. The molecule has 3 aromatic rings. The van der Waals surface area contributed by atoms with E-state index in [-0.39, 0.29) is 17.6 Å². The Bertz CT molecular complexity index is 783. The van der Waals surface area contributed by atoms with Gasteiger partial charge >= 0.3 is 0 Å². The molecule has 0 radical (unpaired) electrons. The molecule has 0 aliphatic carbocycles. The minimum atomic E-state index is -0.277. The molecule has 0 unspecified atom stereocenters. The predicted octanol–water partition coefficient (Wildman–Crippen LogP) is 3.39. The smallest absolute Gasteiger partial charge is 0.270 e. The van der Waals surface area contributed by atoms with Gasteiger partial charge in [0.15, 0.2) is 0 Å². The van der Waals surface area contributed by atoms with Crippen LogP contribution in [0.5, 0.6) is 5.88 Å². The topological polar surface area (TPSA) is 64.1 Å². The van der Waals surface area contributed by atoms with Crippen LogP contribution in [0.2, 0.25) is 0 Å². The highest BCUT2D eigenvalue weighted by atomic mass is 16.5. The molecule has 0 saturated heterocycles. The summed E-state index contributed by atoms with van der Waals surface area (Å²) in [5.74, 6) is 0.111. The average molecular weight is 333 g/mol. The largest absolute Gasteiger partial charge is 0.478 e. The number of ether oxygens (including phenoxy) is 1. The van der Waals surface area contributed by atoms with Crippen LogP contribution in [0.25, 0.3) is 0 Å². The second-order valence-corrected chi connectivity index (χ2v) is 5.40. The number of amides is 1. The van der Waals surface area contributed by atoms with E-state index in [1.807, 2.05) is 67.6 Å². The maximum absolute atomic E-state index is 12.7. The molecule has 2 aromatic carbocycles. The van der Waals surface area contributed by atoms with E-state index in [1.165, 1.54) is 6.33 Å². The molecule has 126 valence electrons. The van der Waals surface area contributed by atoms with Crippen molar-refractivity contribution in [3.05, 3.63) is 89.9 Å². The highest BCUT2D eigenvalue weighted by Gasteiger charge is 2.18.